The molecule has 0 aromatic heterocycles. The maximum atomic E-state index is 12.8. The van der Waals surface area contributed by atoms with Crippen molar-refractivity contribution in [3.8, 4) is 0 Å². The van der Waals surface area contributed by atoms with Crippen molar-refractivity contribution in [2.24, 2.45) is 5.73 Å². The molecule has 0 radical (unpaired) electrons. The van der Waals surface area contributed by atoms with Crippen molar-refractivity contribution >= 4 is 11.6 Å². The van der Waals surface area contributed by atoms with Crippen LogP contribution in [-0.4, -0.2) is 0 Å². The van der Waals surface area contributed by atoms with Gasteiger partial charge in [-0.2, -0.15) is 0 Å². The molecule has 3 heteroatoms. The predicted molar refractivity (Wildman–Crippen MR) is 48.5 cm³/mol. The zero-order valence-corrected chi connectivity index (χ0v) is 7.18. The smallest absolute Gasteiger partial charge is 0.125 e. The van der Waals surface area contributed by atoms with E-state index in [0.717, 1.165) is 0 Å². The average Bonchev–Trinajstić information content (AvgIpc) is 2.01. The van der Waals surface area contributed by atoms with E-state index in [1.54, 1.807) is 6.07 Å². The van der Waals surface area contributed by atoms with Gasteiger partial charge in [0.2, 0.25) is 0 Å². The lowest BCUT2D eigenvalue weighted by Gasteiger charge is -2.06. The van der Waals surface area contributed by atoms with Gasteiger partial charge < -0.3 is 5.73 Å². The minimum absolute atomic E-state index is 0.349. The molecule has 0 fully saturated rings. The molecule has 1 aromatic carbocycles. The SMILES string of the molecule is C=CC(N)c1cc(F)cc(Cl)c1. The Labute approximate surface area is 75.6 Å². The summed E-state index contributed by atoms with van der Waals surface area (Å²) >= 11 is 5.62. The van der Waals surface area contributed by atoms with Crippen LogP contribution in [0.1, 0.15) is 11.6 Å². The van der Waals surface area contributed by atoms with E-state index in [9.17, 15) is 4.39 Å². The molecule has 2 N–H and O–H groups in total. The second-order valence-electron chi connectivity index (χ2n) is 2.46. The number of rotatable bonds is 2. The van der Waals surface area contributed by atoms with E-state index >= 15 is 0 Å². The van der Waals surface area contributed by atoms with Crippen molar-refractivity contribution in [3.05, 3.63) is 47.3 Å². The topological polar surface area (TPSA) is 26.0 Å². The minimum Gasteiger partial charge on any atom is -0.321 e. The van der Waals surface area contributed by atoms with Crippen molar-refractivity contribution in [1.29, 1.82) is 0 Å². The second kappa shape index (κ2) is 3.70. The van der Waals surface area contributed by atoms with Crippen LogP contribution >= 0.6 is 11.6 Å². The van der Waals surface area contributed by atoms with Gasteiger partial charge in [-0.25, -0.2) is 4.39 Å². The van der Waals surface area contributed by atoms with Crippen molar-refractivity contribution < 1.29 is 4.39 Å². The Hall–Kier alpha value is -0.860. The zero-order chi connectivity index (χ0) is 9.14. The van der Waals surface area contributed by atoms with Crippen LogP contribution in [0.15, 0.2) is 30.9 Å². The molecule has 0 heterocycles. The molecular formula is C9H9ClFN. The molecular weight excluding hydrogens is 177 g/mol. The fourth-order valence-corrected chi connectivity index (χ4v) is 1.13. The van der Waals surface area contributed by atoms with Gasteiger partial charge in [0.15, 0.2) is 0 Å². The first-order valence-electron chi connectivity index (χ1n) is 3.47. The largest absolute Gasteiger partial charge is 0.321 e. The summed E-state index contributed by atoms with van der Waals surface area (Å²) in [5.74, 6) is -0.380. The Kier molecular flexibility index (Phi) is 2.84. The van der Waals surface area contributed by atoms with Crippen LogP contribution in [0.2, 0.25) is 5.02 Å². The van der Waals surface area contributed by atoms with Crippen molar-refractivity contribution in [1.82, 2.24) is 0 Å². The minimum atomic E-state index is -0.380. The summed E-state index contributed by atoms with van der Waals surface area (Å²) in [5.41, 5.74) is 6.22. The van der Waals surface area contributed by atoms with Gasteiger partial charge in [0, 0.05) is 11.1 Å². The van der Waals surface area contributed by atoms with Gasteiger partial charge >= 0.3 is 0 Å². The first kappa shape index (κ1) is 9.23. The summed E-state index contributed by atoms with van der Waals surface area (Å²) in [6, 6.07) is 3.84. The number of hydrogen-bond acceptors (Lipinski definition) is 1. The van der Waals surface area contributed by atoms with Gasteiger partial charge in [0.05, 0.1) is 0 Å². The molecule has 12 heavy (non-hydrogen) atoms. The number of hydrogen-bond donors (Lipinski definition) is 1. The highest BCUT2D eigenvalue weighted by atomic mass is 35.5. The monoisotopic (exact) mass is 185 g/mol. The summed E-state index contributed by atoms with van der Waals surface area (Å²) in [6.45, 7) is 3.51. The first-order chi connectivity index (χ1) is 5.63. The van der Waals surface area contributed by atoms with E-state index in [2.05, 4.69) is 6.58 Å². The molecule has 0 aliphatic rings. The van der Waals surface area contributed by atoms with Gasteiger partial charge in [-0.1, -0.05) is 17.7 Å². The molecule has 0 amide bonds. The molecule has 0 bridgehead atoms. The van der Waals surface area contributed by atoms with Crippen molar-refractivity contribution in [2.75, 3.05) is 0 Å². The average molecular weight is 186 g/mol. The Morgan fingerprint density at radius 3 is 2.67 bits per heavy atom. The third-order valence-corrected chi connectivity index (χ3v) is 1.74. The number of benzene rings is 1. The quantitative estimate of drug-likeness (QED) is 0.705. The molecule has 0 aliphatic carbocycles. The van der Waals surface area contributed by atoms with Gasteiger partial charge in [0.25, 0.3) is 0 Å². The Morgan fingerprint density at radius 1 is 1.50 bits per heavy atom. The van der Waals surface area contributed by atoms with Crippen molar-refractivity contribution in [2.45, 2.75) is 6.04 Å². The number of nitrogens with two attached hydrogens (primary N) is 1. The Balaban J connectivity index is 3.08. The van der Waals surface area contributed by atoms with Crippen LogP contribution in [0.25, 0.3) is 0 Å². The summed E-state index contributed by atoms with van der Waals surface area (Å²) in [5, 5.41) is 0.349. The molecule has 0 saturated heterocycles. The first-order valence-corrected chi connectivity index (χ1v) is 3.85. The van der Waals surface area contributed by atoms with E-state index in [0.29, 0.717) is 10.6 Å². The molecule has 1 atom stereocenters. The fraction of sp³-hybridized carbons (Fsp3) is 0.111. The van der Waals surface area contributed by atoms with Crippen LogP contribution in [0, 0.1) is 5.82 Å². The molecule has 1 nitrogen and oxygen atoms in total. The molecule has 1 rings (SSSR count). The normalized spacial score (nSPS) is 12.6. The highest BCUT2D eigenvalue weighted by Crippen LogP contribution is 2.18. The summed E-state index contributed by atoms with van der Waals surface area (Å²) in [4.78, 5) is 0. The standard InChI is InChI=1S/C9H9ClFN/c1-2-9(12)6-3-7(10)5-8(11)4-6/h2-5,9H,1,12H2. The van der Waals surface area contributed by atoms with E-state index in [-0.39, 0.29) is 11.9 Å². The Morgan fingerprint density at radius 2 is 2.17 bits per heavy atom. The Bertz CT molecular complexity index is 278. The van der Waals surface area contributed by atoms with Gasteiger partial charge in [0.1, 0.15) is 5.82 Å². The van der Waals surface area contributed by atoms with Crippen LogP contribution in [0.4, 0.5) is 4.39 Å². The third kappa shape index (κ3) is 2.06. The summed E-state index contributed by atoms with van der Waals surface area (Å²) < 4.78 is 12.8. The van der Waals surface area contributed by atoms with E-state index in [1.807, 2.05) is 0 Å². The maximum absolute atomic E-state index is 12.8. The van der Waals surface area contributed by atoms with E-state index < -0.39 is 0 Å². The third-order valence-electron chi connectivity index (χ3n) is 1.52. The summed E-state index contributed by atoms with van der Waals surface area (Å²) in [7, 11) is 0. The van der Waals surface area contributed by atoms with E-state index in [4.69, 9.17) is 17.3 Å². The lowest BCUT2D eigenvalue weighted by atomic mass is 10.1. The highest BCUT2D eigenvalue weighted by molar-refractivity contribution is 6.30. The lowest BCUT2D eigenvalue weighted by molar-refractivity contribution is 0.624. The van der Waals surface area contributed by atoms with Crippen LogP contribution < -0.4 is 5.73 Å². The maximum Gasteiger partial charge on any atom is 0.125 e. The van der Waals surface area contributed by atoms with Crippen LogP contribution in [0.5, 0.6) is 0 Å². The highest BCUT2D eigenvalue weighted by Gasteiger charge is 2.03. The van der Waals surface area contributed by atoms with Crippen molar-refractivity contribution in [3.63, 3.8) is 0 Å². The molecule has 0 aliphatic heterocycles. The van der Waals surface area contributed by atoms with Crippen LogP contribution in [-0.2, 0) is 0 Å². The van der Waals surface area contributed by atoms with Gasteiger partial charge in [-0.3, -0.25) is 0 Å². The molecule has 1 aromatic rings. The summed E-state index contributed by atoms with van der Waals surface area (Å²) in [6.07, 6.45) is 1.53. The number of halogens is 2. The molecule has 64 valence electrons. The molecule has 0 spiro atoms. The lowest BCUT2D eigenvalue weighted by Crippen LogP contribution is -2.06. The van der Waals surface area contributed by atoms with Crippen LogP contribution in [0.3, 0.4) is 0 Å². The van der Waals surface area contributed by atoms with E-state index in [1.165, 1.54) is 18.2 Å². The molecule has 1 unspecified atom stereocenters. The second-order valence-corrected chi connectivity index (χ2v) is 2.90. The fourth-order valence-electron chi connectivity index (χ4n) is 0.904. The molecule has 0 saturated carbocycles. The van der Waals surface area contributed by atoms with Gasteiger partial charge in [-0.05, 0) is 23.8 Å². The zero-order valence-electron chi connectivity index (χ0n) is 6.43. The predicted octanol–water partition coefficient (Wildman–Crippen LogP) is 2.66. The van der Waals surface area contributed by atoms with Gasteiger partial charge in [-0.15, -0.1) is 6.58 Å².